The molecule has 0 bridgehead atoms. The number of nitrogens with one attached hydrogen (secondary N) is 1. The van der Waals surface area contributed by atoms with E-state index in [0.717, 1.165) is 27.1 Å². The fraction of sp³-hybridized carbons (Fsp3) is 0. The molecule has 0 radical (unpaired) electrons. The van der Waals surface area contributed by atoms with E-state index in [9.17, 15) is 4.79 Å². The minimum atomic E-state index is -0.160. The largest absolute Gasteiger partial charge is 0.296 e. The number of ketones is 1. The normalized spacial score (nSPS) is 13.8. The maximum absolute atomic E-state index is 12.1. The van der Waals surface area contributed by atoms with Crippen molar-refractivity contribution in [3.63, 3.8) is 0 Å². The van der Waals surface area contributed by atoms with Gasteiger partial charge in [-0.15, -0.1) is 0 Å². The maximum atomic E-state index is 12.1. The van der Waals surface area contributed by atoms with Crippen molar-refractivity contribution in [1.82, 2.24) is 0 Å². The molecule has 1 aliphatic carbocycles. The van der Waals surface area contributed by atoms with E-state index in [-0.39, 0.29) is 11.5 Å². The molecule has 0 aliphatic heterocycles. The zero-order valence-corrected chi connectivity index (χ0v) is 9.53. The van der Waals surface area contributed by atoms with E-state index >= 15 is 0 Å². The molecule has 0 spiro atoms. The molecule has 3 aromatic rings. The Hall–Kier alpha value is -2.48. The van der Waals surface area contributed by atoms with Gasteiger partial charge in [-0.2, -0.15) is 0 Å². The molecule has 0 heterocycles. The Morgan fingerprint density at radius 2 is 1.67 bits per heavy atom. The molecule has 4 rings (SSSR count). The second-order valence-corrected chi connectivity index (χ2v) is 4.58. The van der Waals surface area contributed by atoms with Crippen molar-refractivity contribution in [1.29, 1.82) is 5.41 Å². The lowest BCUT2D eigenvalue weighted by molar-refractivity contribution is 0.106. The highest BCUT2D eigenvalue weighted by molar-refractivity contribution is 6.60. The average molecular weight is 231 g/mol. The van der Waals surface area contributed by atoms with Gasteiger partial charge >= 0.3 is 0 Å². The van der Waals surface area contributed by atoms with Crippen LogP contribution in [-0.2, 0) is 0 Å². The lowest BCUT2D eigenvalue weighted by Gasteiger charge is -2.05. The molecule has 2 nitrogen and oxygen atoms in total. The van der Waals surface area contributed by atoms with Gasteiger partial charge in [0.25, 0.3) is 0 Å². The van der Waals surface area contributed by atoms with Crippen LogP contribution >= 0.6 is 0 Å². The minimum Gasteiger partial charge on any atom is -0.296 e. The predicted octanol–water partition coefficient (Wildman–Crippen LogP) is 3.56. The van der Waals surface area contributed by atoms with E-state index in [1.54, 1.807) is 0 Å². The zero-order chi connectivity index (χ0) is 12.3. The van der Waals surface area contributed by atoms with Crippen LogP contribution in [0.15, 0.2) is 48.5 Å². The number of hydrogen-bond acceptors (Lipinski definition) is 2. The standard InChI is InChI=1S/C16H9NO/c17-15-14-11-6-2-1-4-9(11)8-10-5-3-7-12(13(10)14)16(15)18/h1-8,17H. The Labute approximate surface area is 103 Å². The van der Waals surface area contributed by atoms with Gasteiger partial charge in [-0.1, -0.05) is 42.5 Å². The summed E-state index contributed by atoms with van der Waals surface area (Å²) in [6, 6.07) is 15.7. The molecular weight excluding hydrogens is 222 g/mol. The lowest BCUT2D eigenvalue weighted by atomic mass is 9.97. The fourth-order valence-electron chi connectivity index (χ4n) is 2.82. The van der Waals surface area contributed by atoms with Gasteiger partial charge in [-0.05, 0) is 22.2 Å². The molecule has 0 fully saturated rings. The van der Waals surface area contributed by atoms with Crippen molar-refractivity contribution in [3.05, 3.63) is 59.7 Å². The Bertz CT molecular complexity index is 861. The topological polar surface area (TPSA) is 40.9 Å². The third kappa shape index (κ3) is 0.979. The van der Waals surface area contributed by atoms with Gasteiger partial charge < -0.3 is 0 Å². The predicted molar refractivity (Wildman–Crippen MR) is 72.6 cm³/mol. The van der Waals surface area contributed by atoms with Crippen LogP contribution < -0.4 is 0 Å². The van der Waals surface area contributed by atoms with Crippen LogP contribution in [0.2, 0.25) is 0 Å². The summed E-state index contributed by atoms with van der Waals surface area (Å²) in [6.45, 7) is 0. The summed E-state index contributed by atoms with van der Waals surface area (Å²) >= 11 is 0. The van der Waals surface area contributed by atoms with Gasteiger partial charge in [0, 0.05) is 16.5 Å². The van der Waals surface area contributed by atoms with E-state index in [2.05, 4.69) is 6.07 Å². The third-order valence-corrected chi connectivity index (χ3v) is 3.61. The number of Topliss-reactive ketones (excluding diaryl/α,β-unsaturated/α-hetero) is 1. The Morgan fingerprint density at radius 3 is 2.56 bits per heavy atom. The van der Waals surface area contributed by atoms with Gasteiger partial charge in [0.05, 0.1) is 0 Å². The quantitative estimate of drug-likeness (QED) is 0.590. The summed E-state index contributed by atoms with van der Waals surface area (Å²) in [6.07, 6.45) is 0. The number of carbonyl (C=O) groups excluding carboxylic acids is 1. The van der Waals surface area contributed by atoms with Crippen molar-refractivity contribution in [2.75, 3.05) is 0 Å². The first-order valence-corrected chi connectivity index (χ1v) is 5.85. The van der Waals surface area contributed by atoms with Crippen LogP contribution in [0.1, 0.15) is 15.9 Å². The molecule has 1 aliphatic rings. The molecule has 2 heteroatoms. The van der Waals surface area contributed by atoms with Gasteiger partial charge in [0.15, 0.2) is 0 Å². The third-order valence-electron chi connectivity index (χ3n) is 3.61. The van der Waals surface area contributed by atoms with Crippen LogP contribution in [0, 0.1) is 5.41 Å². The van der Waals surface area contributed by atoms with Crippen molar-refractivity contribution in [2.45, 2.75) is 0 Å². The zero-order valence-electron chi connectivity index (χ0n) is 9.53. The summed E-state index contributed by atoms with van der Waals surface area (Å²) < 4.78 is 0. The molecule has 0 saturated heterocycles. The molecule has 3 aromatic carbocycles. The highest BCUT2D eigenvalue weighted by atomic mass is 16.1. The molecule has 0 unspecified atom stereocenters. The van der Waals surface area contributed by atoms with Gasteiger partial charge in [0.2, 0.25) is 5.78 Å². The van der Waals surface area contributed by atoms with E-state index in [1.165, 1.54) is 0 Å². The van der Waals surface area contributed by atoms with Gasteiger partial charge in [0.1, 0.15) is 5.71 Å². The highest BCUT2D eigenvalue weighted by Gasteiger charge is 2.29. The molecule has 0 aromatic heterocycles. The van der Waals surface area contributed by atoms with Crippen molar-refractivity contribution in [2.24, 2.45) is 0 Å². The van der Waals surface area contributed by atoms with Crippen molar-refractivity contribution in [3.8, 4) is 0 Å². The number of benzene rings is 3. The molecule has 1 N–H and O–H groups in total. The maximum Gasteiger partial charge on any atom is 0.211 e. The smallest absolute Gasteiger partial charge is 0.211 e. The van der Waals surface area contributed by atoms with E-state index in [1.807, 2.05) is 42.5 Å². The van der Waals surface area contributed by atoms with Crippen LogP contribution in [0.25, 0.3) is 21.5 Å². The SMILES string of the molecule is N=C1C(=O)c2cccc3cc4ccccc4c1c23. The minimum absolute atomic E-state index is 0.123. The number of rotatable bonds is 0. The average Bonchev–Trinajstić information content (AvgIpc) is 2.66. The lowest BCUT2D eigenvalue weighted by Crippen LogP contribution is -2.06. The second kappa shape index (κ2) is 3.05. The second-order valence-electron chi connectivity index (χ2n) is 4.58. The van der Waals surface area contributed by atoms with Crippen LogP contribution in [-0.4, -0.2) is 11.5 Å². The van der Waals surface area contributed by atoms with Crippen molar-refractivity contribution < 1.29 is 4.79 Å². The van der Waals surface area contributed by atoms with Gasteiger partial charge in [-0.3, -0.25) is 10.2 Å². The summed E-state index contributed by atoms with van der Waals surface area (Å²) in [5.41, 5.74) is 1.58. The van der Waals surface area contributed by atoms with E-state index < -0.39 is 0 Å². The molecule has 18 heavy (non-hydrogen) atoms. The Balaban J connectivity index is 2.38. The first-order valence-electron chi connectivity index (χ1n) is 5.85. The Kier molecular flexibility index (Phi) is 1.61. The van der Waals surface area contributed by atoms with Crippen molar-refractivity contribution >= 4 is 33.0 Å². The molecule has 0 saturated carbocycles. The van der Waals surface area contributed by atoms with E-state index in [4.69, 9.17) is 5.41 Å². The van der Waals surface area contributed by atoms with E-state index in [0.29, 0.717) is 5.56 Å². The first-order chi connectivity index (χ1) is 8.77. The highest BCUT2D eigenvalue weighted by Crippen LogP contribution is 2.36. The summed E-state index contributed by atoms with van der Waals surface area (Å²) in [7, 11) is 0. The summed E-state index contributed by atoms with van der Waals surface area (Å²) in [4.78, 5) is 12.1. The van der Waals surface area contributed by atoms with Crippen LogP contribution in [0.3, 0.4) is 0 Å². The number of carbonyl (C=O) groups is 1. The fourth-order valence-corrected chi connectivity index (χ4v) is 2.82. The molecule has 0 amide bonds. The monoisotopic (exact) mass is 231 g/mol. The van der Waals surface area contributed by atoms with Gasteiger partial charge in [-0.25, -0.2) is 0 Å². The molecular formula is C16H9NO. The molecule has 84 valence electrons. The summed E-state index contributed by atoms with van der Waals surface area (Å²) in [5, 5.41) is 12.1. The Morgan fingerprint density at radius 1 is 0.889 bits per heavy atom. The first kappa shape index (κ1) is 9.54. The molecule has 0 atom stereocenters. The van der Waals surface area contributed by atoms with Crippen LogP contribution in [0.4, 0.5) is 0 Å². The summed E-state index contributed by atoms with van der Waals surface area (Å²) in [5.74, 6) is -0.160. The number of fused-ring (bicyclic) bond motifs is 2. The number of hydrogen-bond donors (Lipinski definition) is 1. The van der Waals surface area contributed by atoms with Crippen LogP contribution in [0.5, 0.6) is 0 Å².